The summed E-state index contributed by atoms with van der Waals surface area (Å²) >= 11 is 0. The van der Waals surface area contributed by atoms with Gasteiger partial charge in [-0.1, -0.05) is 152 Å². The number of nitrogens with zero attached hydrogens (tertiary/aromatic N) is 1. The molecule has 0 amide bonds. The molecular formula is C52H33NO2. The fraction of sp³-hybridized carbons (Fsp3) is 0. The van der Waals surface area contributed by atoms with E-state index in [1.807, 2.05) is 12.1 Å². The second-order valence-electron chi connectivity index (χ2n) is 14.1. The molecule has 2 aromatic heterocycles. The monoisotopic (exact) mass is 703 g/mol. The molecule has 0 saturated heterocycles. The van der Waals surface area contributed by atoms with Gasteiger partial charge in [0, 0.05) is 44.7 Å². The van der Waals surface area contributed by atoms with Crippen LogP contribution in [0.3, 0.4) is 0 Å². The first-order valence-corrected chi connectivity index (χ1v) is 18.7. The van der Waals surface area contributed by atoms with Crippen LogP contribution in [0.4, 0.5) is 17.1 Å². The second kappa shape index (κ2) is 12.6. The number of hydrogen-bond donors (Lipinski definition) is 0. The van der Waals surface area contributed by atoms with Crippen molar-refractivity contribution in [3.63, 3.8) is 0 Å². The first-order valence-electron chi connectivity index (χ1n) is 18.7. The van der Waals surface area contributed by atoms with Crippen molar-refractivity contribution >= 4 is 71.7 Å². The minimum atomic E-state index is 0.830. The molecule has 9 aromatic carbocycles. The van der Waals surface area contributed by atoms with Gasteiger partial charge in [-0.05, 0) is 81.2 Å². The molecule has 258 valence electrons. The predicted octanol–water partition coefficient (Wildman–Crippen LogP) is 15.1. The molecule has 3 nitrogen and oxygen atoms in total. The van der Waals surface area contributed by atoms with Gasteiger partial charge in [0.1, 0.15) is 22.3 Å². The lowest BCUT2D eigenvalue weighted by molar-refractivity contribution is 0.665. The zero-order valence-corrected chi connectivity index (χ0v) is 29.8. The lowest BCUT2D eigenvalue weighted by Gasteiger charge is -2.26. The van der Waals surface area contributed by atoms with Gasteiger partial charge in [0.25, 0.3) is 0 Å². The largest absolute Gasteiger partial charge is 0.455 e. The molecule has 11 aromatic rings. The topological polar surface area (TPSA) is 29.5 Å². The first kappa shape index (κ1) is 31.2. The zero-order chi connectivity index (χ0) is 36.3. The van der Waals surface area contributed by atoms with E-state index in [-0.39, 0.29) is 0 Å². The molecule has 0 aliphatic heterocycles. The van der Waals surface area contributed by atoms with Crippen LogP contribution < -0.4 is 4.90 Å². The molecule has 55 heavy (non-hydrogen) atoms. The minimum absolute atomic E-state index is 0.830. The van der Waals surface area contributed by atoms with Gasteiger partial charge < -0.3 is 13.7 Å². The average Bonchev–Trinajstić information content (AvgIpc) is 3.84. The van der Waals surface area contributed by atoms with Gasteiger partial charge in [0.2, 0.25) is 0 Å². The summed E-state index contributed by atoms with van der Waals surface area (Å²) in [6, 6.07) is 70.8. The van der Waals surface area contributed by atoms with Gasteiger partial charge in [-0.25, -0.2) is 0 Å². The summed E-state index contributed by atoms with van der Waals surface area (Å²) in [5.41, 5.74) is 13.7. The lowest BCUT2D eigenvalue weighted by Crippen LogP contribution is -2.09. The Balaban J connectivity index is 1.05. The Morgan fingerprint density at radius 3 is 1.27 bits per heavy atom. The van der Waals surface area contributed by atoms with Crippen LogP contribution in [-0.4, -0.2) is 0 Å². The Hall–Kier alpha value is -7.36. The minimum Gasteiger partial charge on any atom is -0.455 e. The number of hydrogen-bond acceptors (Lipinski definition) is 3. The van der Waals surface area contributed by atoms with Crippen LogP contribution in [0.2, 0.25) is 0 Å². The molecular weight excluding hydrogens is 671 g/mol. The molecule has 0 spiro atoms. The van der Waals surface area contributed by atoms with Crippen LogP contribution in [0.1, 0.15) is 0 Å². The van der Waals surface area contributed by atoms with Gasteiger partial charge >= 0.3 is 0 Å². The average molecular weight is 704 g/mol. The van der Waals surface area contributed by atoms with E-state index >= 15 is 0 Å². The number of para-hydroxylation sites is 1. The highest BCUT2D eigenvalue weighted by Crippen LogP contribution is 2.46. The van der Waals surface area contributed by atoms with Crippen LogP contribution in [0.15, 0.2) is 209 Å². The van der Waals surface area contributed by atoms with E-state index in [1.165, 1.54) is 33.4 Å². The summed E-state index contributed by atoms with van der Waals surface area (Å²) in [5.74, 6) is 0. The molecule has 3 heteroatoms. The molecule has 0 bridgehead atoms. The maximum Gasteiger partial charge on any atom is 0.147 e. The Kier molecular flexibility index (Phi) is 7.17. The Bertz CT molecular complexity index is 3160. The fourth-order valence-electron chi connectivity index (χ4n) is 8.20. The molecule has 0 saturated carbocycles. The molecule has 0 radical (unpaired) electrons. The highest BCUT2D eigenvalue weighted by molar-refractivity contribution is 6.33. The number of benzene rings is 9. The summed E-state index contributed by atoms with van der Waals surface area (Å²) in [6.07, 6.45) is 0. The van der Waals surface area contributed by atoms with Gasteiger partial charge in [0.05, 0.1) is 5.39 Å². The molecule has 0 aliphatic carbocycles. The van der Waals surface area contributed by atoms with Gasteiger partial charge in [-0.15, -0.1) is 0 Å². The SMILES string of the molecule is c1ccc(-c2ccc(-c3ccc(N(c4ccc(-c5ccccc5)cc4)c4ccc5c(c4)oc4c5c5ccccc5c5oc6ccccc6c54)cc3)cc2)cc1. The number of furan rings is 2. The van der Waals surface area contributed by atoms with Crippen molar-refractivity contribution in [1.29, 1.82) is 0 Å². The van der Waals surface area contributed by atoms with E-state index in [4.69, 9.17) is 8.83 Å². The van der Waals surface area contributed by atoms with Gasteiger partial charge in [-0.2, -0.15) is 0 Å². The molecule has 0 atom stereocenters. The van der Waals surface area contributed by atoms with Crippen LogP contribution in [-0.2, 0) is 0 Å². The fourth-order valence-corrected chi connectivity index (χ4v) is 8.20. The van der Waals surface area contributed by atoms with Gasteiger partial charge in [-0.3, -0.25) is 0 Å². The Labute approximate surface area is 317 Å². The molecule has 0 fully saturated rings. The summed E-state index contributed by atoms with van der Waals surface area (Å²) in [5, 5.41) is 6.47. The quantitative estimate of drug-likeness (QED) is 0.173. The van der Waals surface area contributed by atoms with Crippen molar-refractivity contribution in [3.8, 4) is 33.4 Å². The van der Waals surface area contributed by atoms with Crippen LogP contribution in [0, 0.1) is 0 Å². The number of anilines is 3. The Morgan fingerprint density at radius 2 is 0.691 bits per heavy atom. The van der Waals surface area contributed by atoms with Crippen LogP contribution in [0.5, 0.6) is 0 Å². The van der Waals surface area contributed by atoms with Crippen LogP contribution in [0.25, 0.3) is 88.0 Å². The maximum atomic E-state index is 6.91. The maximum absolute atomic E-state index is 6.91. The first-order chi connectivity index (χ1) is 27.3. The van der Waals surface area contributed by atoms with Crippen molar-refractivity contribution in [3.05, 3.63) is 200 Å². The third kappa shape index (κ3) is 5.20. The summed E-state index contributed by atoms with van der Waals surface area (Å²) in [6.45, 7) is 0. The van der Waals surface area contributed by atoms with E-state index < -0.39 is 0 Å². The smallest absolute Gasteiger partial charge is 0.147 e. The second-order valence-corrected chi connectivity index (χ2v) is 14.1. The van der Waals surface area contributed by atoms with Crippen molar-refractivity contribution in [2.45, 2.75) is 0 Å². The summed E-state index contributed by atoms with van der Waals surface area (Å²) in [7, 11) is 0. The molecule has 0 unspecified atom stereocenters. The highest BCUT2D eigenvalue weighted by atomic mass is 16.3. The summed E-state index contributed by atoms with van der Waals surface area (Å²) in [4.78, 5) is 2.31. The third-order valence-electron chi connectivity index (χ3n) is 10.9. The molecule has 0 aliphatic rings. The standard InChI is InChI=1S/C52H33NO2/c1-3-11-34(12-4-1)36-19-21-37(22-20-36)39-25-29-41(30-26-39)53(40-27-23-38(24-28-40)35-13-5-2-6-14-35)42-31-32-46-48(33-42)55-52-49(46)43-15-7-8-16-44(43)51-50(52)45-17-9-10-18-47(45)54-51/h1-33H. The molecule has 0 N–H and O–H groups in total. The van der Waals surface area contributed by atoms with E-state index in [1.54, 1.807) is 0 Å². The lowest BCUT2D eigenvalue weighted by atomic mass is 9.99. The van der Waals surface area contributed by atoms with Gasteiger partial charge in [0.15, 0.2) is 0 Å². The number of fused-ring (bicyclic) bond motifs is 10. The zero-order valence-electron chi connectivity index (χ0n) is 29.8. The Morgan fingerprint density at radius 1 is 0.273 bits per heavy atom. The third-order valence-corrected chi connectivity index (χ3v) is 10.9. The van der Waals surface area contributed by atoms with E-state index in [9.17, 15) is 0 Å². The van der Waals surface area contributed by atoms with Crippen LogP contribution >= 0.6 is 0 Å². The highest BCUT2D eigenvalue weighted by Gasteiger charge is 2.22. The summed E-state index contributed by atoms with van der Waals surface area (Å²) < 4.78 is 13.4. The molecule has 2 heterocycles. The van der Waals surface area contributed by atoms with Crippen molar-refractivity contribution in [2.75, 3.05) is 4.90 Å². The van der Waals surface area contributed by atoms with Crippen molar-refractivity contribution in [1.82, 2.24) is 0 Å². The van der Waals surface area contributed by atoms with E-state index in [0.29, 0.717) is 0 Å². The molecule has 11 rings (SSSR count). The van der Waals surface area contributed by atoms with Crippen molar-refractivity contribution < 1.29 is 8.83 Å². The normalized spacial score (nSPS) is 11.6. The van der Waals surface area contributed by atoms with E-state index in [0.717, 1.165) is 71.7 Å². The number of rotatable bonds is 6. The van der Waals surface area contributed by atoms with E-state index in [2.05, 4.69) is 193 Å². The predicted molar refractivity (Wildman–Crippen MR) is 229 cm³/mol. The van der Waals surface area contributed by atoms with Crippen molar-refractivity contribution in [2.24, 2.45) is 0 Å².